The number of amides is 1. The number of hydrogen-bond acceptors (Lipinski definition) is 2. The van der Waals surface area contributed by atoms with Gasteiger partial charge in [0, 0.05) is 5.69 Å². The summed E-state index contributed by atoms with van der Waals surface area (Å²) in [5, 5.41) is 11.6. The van der Waals surface area contributed by atoms with Gasteiger partial charge in [-0.3, -0.25) is 4.79 Å². The van der Waals surface area contributed by atoms with Gasteiger partial charge in [-0.15, -0.1) is 0 Å². The van der Waals surface area contributed by atoms with Gasteiger partial charge in [-0.25, -0.2) is 4.39 Å². The second kappa shape index (κ2) is 6.18. The molecule has 0 saturated carbocycles. The van der Waals surface area contributed by atoms with Gasteiger partial charge < -0.3 is 5.32 Å². The van der Waals surface area contributed by atoms with Crippen molar-refractivity contribution in [3.63, 3.8) is 0 Å². The molecule has 0 aliphatic rings. The van der Waals surface area contributed by atoms with Crippen LogP contribution in [-0.2, 0) is 4.79 Å². The van der Waals surface area contributed by atoms with Gasteiger partial charge in [0.25, 0.3) is 0 Å². The molecular formula is C15H10ClFN2O. The van der Waals surface area contributed by atoms with Crippen molar-refractivity contribution < 1.29 is 9.18 Å². The molecule has 1 atom stereocenters. The van der Waals surface area contributed by atoms with Gasteiger partial charge in [0.1, 0.15) is 5.82 Å². The number of carbonyl (C=O) groups excluding carboxylic acids is 1. The quantitative estimate of drug-likeness (QED) is 0.935. The highest BCUT2D eigenvalue weighted by Gasteiger charge is 2.20. The Labute approximate surface area is 120 Å². The van der Waals surface area contributed by atoms with Crippen molar-refractivity contribution in [1.82, 2.24) is 0 Å². The van der Waals surface area contributed by atoms with Crippen molar-refractivity contribution in [3.8, 4) is 6.07 Å². The molecule has 3 nitrogen and oxygen atoms in total. The first-order chi connectivity index (χ1) is 9.61. The van der Waals surface area contributed by atoms with Gasteiger partial charge in [-0.2, -0.15) is 5.26 Å². The van der Waals surface area contributed by atoms with Crippen molar-refractivity contribution in [2.75, 3.05) is 5.32 Å². The molecule has 5 heteroatoms. The van der Waals surface area contributed by atoms with E-state index in [1.807, 2.05) is 6.07 Å². The maximum Gasteiger partial charge on any atom is 0.246 e. The zero-order chi connectivity index (χ0) is 14.5. The summed E-state index contributed by atoms with van der Waals surface area (Å²) >= 11 is 5.64. The molecule has 0 spiro atoms. The highest BCUT2D eigenvalue weighted by atomic mass is 35.5. The topological polar surface area (TPSA) is 52.9 Å². The number of carbonyl (C=O) groups is 1. The molecule has 0 bridgehead atoms. The molecule has 0 aliphatic carbocycles. The second-order valence-corrected chi connectivity index (χ2v) is 4.50. The summed E-state index contributed by atoms with van der Waals surface area (Å²) in [7, 11) is 0. The molecule has 1 N–H and O–H groups in total. The molecule has 2 aromatic rings. The molecule has 0 fully saturated rings. The summed E-state index contributed by atoms with van der Waals surface area (Å²) in [6, 6.07) is 14.5. The van der Waals surface area contributed by atoms with Gasteiger partial charge in [0.2, 0.25) is 5.91 Å². The Balaban J connectivity index is 2.18. The maximum atomic E-state index is 13.0. The minimum atomic E-state index is -0.931. The van der Waals surface area contributed by atoms with Gasteiger partial charge in [0.15, 0.2) is 5.92 Å². The second-order valence-electron chi connectivity index (χ2n) is 4.09. The molecule has 0 saturated heterocycles. The monoisotopic (exact) mass is 288 g/mol. The molecule has 2 rings (SSSR count). The smallest absolute Gasteiger partial charge is 0.246 e. The number of hydrogen-bond donors (Lipinski definition) is 1. The first-order valence-electron chi connectivity index (χ1n) is 5.82. The maximum absolute atomic E-state index is 13.0. The molecule has 1 unspecified atom stereocenters. The van der Waals surface area contributed by atoms with E-state index >= 15 is 0 Å². The average Bonchev–Trinajstić information content (AvgIpc) is 2.45. The van der Waals surface area contributed by atoms with Crippen LogP contribution < -0.4 is 5.32 Å². The normalized spacial score (nSPS) is 11.4. The van der Waals surface area contributed by atoms with Crippen molar-refractivity contribution in [1.29, 1.82) is 5.26 Å². The number of benzene rings is 2. The lowest BCUT2D eigenvalue weighted by molar-refractivity contribution is -0.116. The highest BCUT2D eigenvalue weighted by molar-refractivity contribution is 6.31. The Morgan fingerprint density at radius 1 is 1.25 bits per heavy atom. The largest absolute Gasteiger partial charge is 0.325 e. The van der Waals surface area contributed by atoms with E-state index in [-0.39, 0.29) is 5.02 Å². The number of nitriles is 1. The van der Waals surface area contributed by atoms with Crippen LogP contribution in [0.2, 0.25) is 5.02 Å². The number of anilines is 1. The fraction of sp³-hybridized carbons (Fsp3) is 0.0667. The van der Waals surface area contributed by atoms with E-state index in [1.54, 1.807) is 30.3 Å². The molecule has 0 aromatic heterocycles. The van der Waals surface area contributed by atoms with E-state index in [2.05, 4.69) is 5.32 Å². The van der Waals surface area contributed by atoms with Crippen LogP contribution in [-0.4, -0.2) is 5.91 Å². The summed E-state index contributed by atoms with van der Waals surface area (Å²) in [6.45, 7) is 0. The predicted octanol–water partition coefficient (Wildman–Crippen LogP) is 3.72. The van der Waals surface area contributed by atoms with Crippen molar-refractivity contribution in [2.45, 2.75) is 5.92 Å². The van der Waals surface area contributed by atoms with E-state index in [9.17, 15) is 9.18 Å². The third-order valence-electron chi connectivity index (χ3n) is 2.71. The van der Waals surface area contributed by atoms with Crippen LogP contribution >= 0.6 is 11.6 Å². The summed E-state index contributed by atoms with van der Waals surface area (Å²) in [6.07, 6.45) is 0. The van der Waals surface area contributed by atoms with E-state index in [0.717, 1.165) is 6.07 Å². The fourth-order valence-electron chi connectivity index (χ4n) is 1.72. The lowest BCUT2D eigenvalue weighted by atomic mass is 10.00. The number of nitrogens with zero attached hydrogens (tertiary/aromatic N) is 1. The molecular weight excluding hydrogens is 279 g/mol. The summed E-state index contributed by atoms with van der Waals surface area (Å²) in [4.78, 5) is 12.1. The molecule has 0 aliphatic heterocycles. The predicted molar refractivity (Wildman–Crippen MR) is 74.8 cm³/mol. The minimum absolute atomic E-state index is 0.0870. The van der Waals surface area contributed by atoms with Crippen molar-refractivity contribution >= 4 is 23.2 Å². The summed E-state index contributed by atoms with van der Waals surface area (Å²) < 4.78 is 13.0. The Morgan fingerprint density at radius 3 is 2.55 bits per heavy atom. The van der Waals surface area contributed by atoms with Gasteiger partial charge >= 0.3 is 0 Å². The SMILES string of the molecule is N#CC(C(=O)Nc1ccc(F)c(Cl)c1)c1ccccc1. The molecule has 2 aromatic carbocycles. The Hall–Kier alpha value is -2.38. The minimum Gasteiger partial charge on any atom is -0.325 e. The van der Waals surface area contributed by atoms with E-state index in [4.69, 9.17) is 16.9 Å². The van der Waals surface area contributed by atoms with Crippen LogP contribution in [0.1, 0.15) is 11.5 Å². The lowest BCUT2D eigenvalue weighted by Crippen LogP contribution is -2.20. The van der Waals surface area contributed by atoms with Gasteiger partial charge in [0.05, 0.1) is 11.1 Å². The first-order valence-corrected chi connectivity index (χ1v) is 6.20. The van der Waals surface area contributed by atoms with Crippen LogP contribution in [0.4, 0.5) is 10.1 Å². The fourth-order valence-corrected chi connectivity index (χ4v) is 1.90. The van der Waals surface area contributed by atoms with Crippen LogP contribution in [0.5, 0.6) is 0 Å². The summed E-state index contributed by atoms with van der Waals surface area (Å²) in [5.74, 6) is -1.98. The Kier molecular flexibility index (Phi) is 4.34. The Bertz CT molecular complexity index is 667. The zero-order valence-electron chi connectivity index (χ0n) is 10.3. The van der Waals surface area contributed by atoms with Crippen LogP contribution in [0.3, 0.4) is 0 Å². The van der Waals surface area contributed by atoms with Crippen LogP contribution in [0.15, 0.2) is 48.5 Å². The zero-order valence-corrected chi connectivity index (χ0v) is 11.1. The highest BCUT2D eigenvalue weighted by Crippen LogP contribution is 2.22. The average molecular weight is 289 g/mol. The molecule has 1 amide bonds. The van der Waals surface area contributed by atoms with Crippen molar-refractivity contribution in [2.24, 2.45) is 0 Å². The van der Waals surface area contributed by atoms with Gasteiger partial charge in [-0.05, 0) is 23.8 Å². The number of nitrogens with one attached hydrogen (secondary N) is 1. The molecule has 20 heavy (non-hydrogen) atoms. The molecule has 100 valence electrons. The van der Waals surface area contributed by atoms with E-state index in [1.165, 1.54) is 12.1 Å². The van der Waals surface area contributed by atoms with Gasteiger partial charge in [-0.1, -0.05) is 41.9 Å². The first kappa shape index (κ1) is 14.0. The molecule has 0 radical (unpaired) electrons. The van der Waals surface area contributed by atoms with E-state index in [0.29, 0.717) is 11.3 Å². The third-order valence-corrected chi connectivity index (χ3v) is 3.00. The van der Waals surface area contributed by atoms with Crippen molar-refractivity contribution in [3.05, 3.63) is 64.9 Å². The lowest BCUT2D eigenvalue weighted by Gasteiger charge is -2.10. The number of halogens is 2. The third kappa shape index (κ3) is 3.14. The Morgan fingerprint density at radius 2 is 1.95 bits per heavy atom. The summed E-state index contributed by atoms with van der Waals surface area (Å²) in [5.41, 5.74) is 0.943. The van der Waals surface area contributed by atoms with Crippen LogP contribution in [0.25, 0.3) is 0 Å². The van der Waals surface area contributed by atoms with E-state index < -0.39 is 17.6 Å². The van der Waals surface area contributed by atoms with Crippen LogP contribution in [0, 0.1) is 17.1 Å². The number of rotatable bonds is 3. The standard InChI is InChI=1S/C15H10ClFN2O/c16-13-8-11(6-7-14(13)17)19-15(20)12(9-18)10-4-2-1-3-5-10/h1-8,12H,(H,19,20). The molecule has 0 heterocycles.